The number of imide groups is 1. The van der Waals surface area contributed by atoms with E-state index in [2.05, 4.69) is 0 Å². The monoisotopic (exact) mass is 489 g/mol. The van der Waals surface area contributed by atoms with Gasteiger partial charge in [0.05, 0.1) is 20.6 Å². The van der Waals surface area contributed by atoms with Gasteiger partial charge in [-0.3, -0.25) is 9.59 Å². The van der Waals surface area contributed by atoms with Gasteiger partial charge in [-0.15, -0.1) is 0 Å². The Balaban J connectivity index is 1.56. The van der Waals surface area contributed by atoms with Crippen molar-refractivity contribution < 1.29 is 14.3 Å². The second-order valence-corrected chi connectivity index (χ2v) is 8.83. The molecule has 8 heteroatoms. The number of amides is 2. The lowest BCUT2D eigenvalue weighted by molar-refractivity contribution is -0.113. The number of hydrogen-bond donors (Lipinski definition) is 0. The SMILES string of the molecule is O=C1S/C(=C/c2cc(Cl)c(OCc3ccccc3)c(Cl)c2)C(=O)N1c1cccc(Cl)c1. The number of anilines is 1. The standard InChI is InChI=1S/C23H14Cl3NO3S/c24-16-7-4-8-17(12-16)27-22(28)20(31-23(27)29)11-15-9-18(25)21(19(26)10-15)30-13-14-5-2-1-3-6-14/h1-12H,13H2/b20-11+. The Bertz CT molecular complexity index is 1170. The fourth-order valence-corrected chi connectivity index (χ4v) is 4.63. The highest BCUT2D eigenvalue weighted by Gasteiger charge is 2.36. The molecule has 0 N–H and O–H groups in total. The van der Waals surface area contributed by atoms with E-state index in [9.17, 15) is 9.59 Å². The third kappa shape index (κ3) is 4.91. The average molecular weight is 491 g/mol. The fraction of sp³-hybridized carbons (Fsp3) is 0.0435. The quantitative estimate of drug-likeness (QED) is 0.348. The van der Waals surface area contributed by atoms with Gasteiger partial charge in [0.2, 0.25) is 0 Å². The van der Waals surface area contributed by atoms with E-state index in [1.165, 1.54) is 0 Å². The number of hydrogen-bond acceptors (Lipinski definition) is 4. The molecule has 0 aliphatic carbocycles. The van der Waals surface area contributed by atoms with Gasteiger partial charge in [0.15, 0.2) is 5.75 Å². The van der Waals surface area contributed by atoms with Gasteiger partial charge in [-0.05, 0) is 59.3 Å². The van der Waals surface area contributed by atoms with Crippen LogP contribution in [0.5, 0.6) is 5.75 Å². The number of carbonyl (C=O) groups is 2. The van der Waals surface area contributed by atoms with Crippen molar-refractivity contribution in [1.29, 1.82) is 0 Å². The van der Waals surface area contributed by atoms with Gasteiger partial charge in [-0.2, -0.15) is 0 Å². The average Bonchev–Trinajstić information content (AvgIpc) is 3.01. The summed E-state index contributed by atoms with van der Waals surface area (Å²) >= 11 is 19.6. The van der Waals surface area contributed by atoms with E-state index in [4.69, 9.17) is 39.5 Å². The van der Waals surface area contributed by atoms with E-state index in [0.717, 1.165) is 22.2 Å². The second kappa shape index (κ2) is 9.37. The summed E-state index contributed by atoms with van der Waals surface area (Å²) in [6.45, 7) is 0.318. The summed E-state index contributed by atoms with van der Waals surface area (Å²) in [6.07, 6.45) is 1.58. The number of benzene rings is 3. The lowest BCUT2D eigenvalue weighted by Crippen LogP contribution is -2.27. The summed E-state index contributed by atoms with van der Waals surface area (Å²) in [5, 5.41) is 0.649. The van der Waals surface area contributed by atoms with Gasteiger partial charge in [0.1, 0.15) is 6.61 Å². The highest BCUT2D eigenvalue weighted by molar-refractivity contribution is 8.19. The number of thioether (sulfide) groups is 1. The highest BCUT2D eigenvalue weighted by atomic mass is 35.5. The topological polar surface area (TPSA) is 46.6 Å². The Kier molecular flexibility index (Phi) is 6.58. The third-order valence-electron chi connectivity index (χ3n) is 4.40. The molecule has 0 atom stereocenters. The zero-order chi connectivity index (χ0) is 22.0. The number of ether oxygens (including phenoxy) is 1. The van der Waals surface area contributed by atoms with E-state index in [-0.39, 0.29) is 4.91 Å². The minimum Gasteiger partial charge on any atom is -0.486 e. The number of carbonyl (C=O) groups excluding carboxylic acids is 2. The molecule has 1 aliphatic heterocycles. The Morgan fingerprint density at radius 1 is 0.903 bits per heavy atom. The van der Waals surface area contributed by atoms with E-state index in [1.54, 1.807) is 42.5 Å². The van der Waals surface area contributed by atoms with Gasteiger partial charge in [0, 0.05) is 5.02 Å². The summed E-state index contributed by atoms with van der Waals surface area (Å²) in [4.78, 5) is 26.6. The van der Waals surface area contributed by atoms with Crippen LogP contribution < -0.4 is 9.64 Å². The first kappa shape index (κ1) is 21.8. The lowest BCUT2D eigenvalue weighted by atomic mass is 10.2. The van der Waals surface area contributed by atoms with Crippen LogP contribution in [0.1, 0.15) is 11.1 Å². The second-order valence-electron chi connectivity index (χ2n) is 6.58. The van der Waals surface area contributed by atoms with Gasteiger partial charge < -0.3 is 4.74 Å². The first-order valence-electron chi connectivity index (χ1n) is 9.11. The molecule has 2 amide bonds. The Hall–Kier alpha value is -2.44. The molecule has 0 bridgehead atoms. The zero-order valence-corrected chi connectivity index (χ0v) is 18.9. The molecule has 0 spiro atoms. The molecule has 1 fully saturated rings. The van der Waals surface area contributed by atoms with Crippen molar-refractivity contribution in [1.82, 2.24) is 0 Å². The van der Waals surface area contributed by atoms with Crippen LogP contribution in [-0.2, 0) is 11.4 Å². The van der Waals surface area contributed by atoms with Crippen molar-refractivity contribution in [3.63, 3.8) is 0 Å². The van der Waals surface area contributed by atoms with Gasteiger partial charge in [-0.25, -0.2) is 4.90 Å². The molecular formula is C23H14Cl3NO3S. The highest BCUT2D eigenvalue weighted by Crippen LogP contribution is 2.39. The number of halogens is 3. The third-order valence-corrected chi connectivity index (χ3v) is 6.07. The molecule has 4 rings (SSSR count). The zero-order valence-electron chi connectivity index (χ0n) is 15.8. The van der Waals surface area contributed by atoms with Crippen molar-refractivity contribution in [2.24, 2.45) is 0 Å². The van der Waals surface area contributed by atoms with Crippen molar-refractivity contribution >= 4 is 69.5 Å². The summed E-state index contributed by atoms with van der Waals surface area (Å²) in [7, 11) is 0. The first-order valence-corrected chi connectivity index (χ1v) is 11.1. The van der Waals surface area contributed by atoms with Crippen LogP contribution in [0.4, 0.5) is 10.5 Å². The molecule has 31 heavy (non-hydrogen) atoms. The van der Waals surface area contributed by atoms with Crippen LogP contribution in [0.2, 0.25) is 15.1 Å². The van der Waals surface area contributed by atoms with Gasteiger partial charge in [0.25, 0.3) is 11.1 Å². The van der Waals surface area contributed by atoms with Gasteiger partial charge in [-0.1, -0.05) is 71.2 Å². The van der Waals surface area contributed by atoms with Crippen LogP contribution in [0.25, 0.3) is 6.08 Å². The first-order chi connectivity index (χ1) is 14.9. The molecule has 3 aromatic carbocycles. The molecule has 156 valence electrons. The molecule has 3 aromatic rings. The van der Waals surface area contributed by atoms with Gasteiger partial charge >= 0.3 is 0 Å². The molecule has 0 saturated carbocycles. The van der Waals surface area contributed by atoms with Crippen molar-refractivity contribution in [2.45, 2.75) is 6.61 Å². The van der Waals surface area contributed by atoms with Crippen LogP contribution in [-0.4, -0.2) is 11.1 Å². The summed E-state index contributed by atoms with van der Waals surface area (Å²) < 4.78 is 5.77. The summed E-state index contributed by atoms with van der Waals surface area (Å²) in [6, 6.07) is 19.5. The van der Waals surface area contributed by atoms with Crippen LogP contribution >= 0.6 is 46.6 Å². The molecule has 4 nitrogen and oxygen atoms in total. The molecule has 1 aliphatic rings. The Labute approximate surface area is 198 Å². The Morgan fingerprint density at radius 3 is 2.29 bits per heavy atom. The largest absolute Gasteiger partial charge is 0.486 e. The predicted octanol–water partition coefficient (Wildman–Crippen LogP) is 7.47. The minimum absolute atomic E-state index is 0.259. The summed E-state index contributed by atoms with van der Waals surface area (Å²) in [5.74, 6) is -0.0784. The van der Waals surface area contributed by atoms with Crippen molar-refractivity contribution in [2.75, 3.05) is 4.90 Å². The van der Waals surface area contributed by atoms with Crippen LogP contribution in [0.3, 0.4) is 0 Å². The predicted molar refractivity (Wildman–Crippen MR) is 127 cm³/mol. The van der Waals surface area contributed by atoms with E-state index in [0.29, 0.717) is 38.7 Å². The minimum atomic E-state index is -0.436. The maximum Gasteiger partial charge on any atom is 0.298 e. The molecule has 0 unspecified atom stereocenters. The van der Waals surface area contributed by atoms with E-state index >= 15 is 0 Å². The van der Waals surface area contributed by atoms with E-state index in [1.807, 2.05) is 30.3 Å². The fourth-order valence-electron chi connectivity index (χ4n) is 2.99. The Morgan fingerprint density at radius 2 is 1.61 bits per heavy atom. The van der Waals surface area contributed by atoms with Crippen molar-refractivity contribution in [3.05, 3.63) is 97.8 Å². The number of rotatable bonds is 5. The van der Waals surface area contributed by atoms with E-state index < -0.39 is 11.1 Å². The summed E-state index contributed by atoms with van der Waals surface area (Å²) in [5.41, 5.74) is 1.98. The number of nitrogens with zero attached hydrogens (tertiary/aromatic N) is 1. The van der Waals surface area contributed by atoms with Crippen LogP contribution in [0, 0.1) is 0 Å². The maximum absolute atomic E-state index is 12.8. The molecule has 0 radical (unpaired) electrons. The molecule has 1 saturated heterocycles. The maximum atomic E-state index is 12.8. The lowest BCUT2D eigenvalue weighted by Gasteiger charge is -2.12. The molecule has 0 aromatic heterocycles. The molecular weight excluding hydrogens is 477 g/mol. The van der Waals surface area contributed by atoms with Crippen molar-refractivity contribution in [3.8, 4) is 5.75 Å². The van der Waals surface area contributed by atoms with Crippen LogP contribution in [0.15, 0.2) is 71.6 Å². The molecule has 1 heterocycles. The normalized spacial score (nSPS) is 15.1. The smallest absolute Gasteiger partial charge is 0.298 e.